The summed E-state index contributed by atoms with van der Waals surface area (Å²) in [6, 6.07) is 3.02. The van der Waals surface area contributed by atoms with E-state index < -0.39 is 11.9 Å². The Labute approximate surface area is 97.4 Å². The molecule has 1 aliphatic rings. The van der Waals surface area contributed by atoms with Gasteiger partial charge in [-0.3, -0.25) is 9.59 Å². The Kier molecular flexibility index (Phi) is 3.32. The summed E-state index contributed by atoms with van der Waals surface area (Å²) in [5.74, 6) is -1.74. The van der Waals surface area contributed by atoms with Gasteiger partial charge in [-0.25, -0.2) is 4.98 Å². The highest BCUT2D eigenvalue weighted by atomic mass is 19.1. The molecule has 1 aliphatic carbocycles. The van der Waals surface area contributed by atoms with Crippen molar-refractivity contribution in [3.05, 3.63) is 29.8 Å². The molecule has 0 saturated heterocycles. The normalized spacial score (nSPS) is 14.2. The van der Waals surface area contributed by atoms with E-state index in [9.17, 15) is 14.0 Å². The van der Waals surface area contributed by atoms with Crippen molar-refractivity contribution in [3.8, 4) is 0 Å². The molecule has 6 heteroatoms. The molecule has 0 atom stereocenters. The molecule has 0 spiro atoms. The number of hydrogen-bond acceptors (Lipinski definition) is 3. The van der Waals surface area contributed by atoms with Crippen LogP contribution in [0, 0.1) is 5.95 Å². The van der Waals surface area contributed by atoms with E-state index in [0.717, 1.165) is 12.8 Å². The number of amides is 2. The Morgan fingerprint density at radius 3 is 2.88 bits per heavy atom. The number of nitrogens with one attached hydrogen (secondary N) is 2. The number of rotatable bonds is 4. The van der Waals surface area contributed by atoms with Gasteiger partial charge in [-0.05, 0) is 25.0 Å². The van der Waals surface area contributed by atoms with Crippen LogP contribution in [0.5, 0.6) is 0 Å². The fraction of sp³-hybridized carbons (Fsp3) is 0.364. The maximum atomic E-state index is 13.1. The van der Waals surface area contributed by atoms with Gasteiger partial charge in [-0.2, -0.15) is 4.39 Å². The number of nitrogens with zero attached hydrogens (tertiary/aromatic N) is 1. The number of pyridine rings is 1. The maximum absolute atomic E-state index is 13.1. The molecule has 0 unspecified atom stereocenters. The van der Waals surface area contributed by atoms with Crippen LogP contribution >= 0.6 is 0 Å². The molecule has 1 fully saturated rings. The largest absolute Gasteiger partial charge is 0.352 e. The fourth-order valence-electron chi connectivity index (χ4n) is 1.32. The average molecular weight is 237 g/mol. The third-order valence-corrected chi connectivity index (χ3v) is 2.36. The van der Waals surface area contributed by atoms with Gasteiger partial charge in [-0.15, -0.1) is 0 Å². The molecular weight excluding hydrogens is 225 g/mol. The minimum absolute atomic E-state index is 0.149. The number of carbonyl (C=O) groups is 2. The Morgan fingerprint density at radius 2 is 2.24 bits per heavy atom. The standard InChI is InChI=1S/C11H12FN3O2/c12-10-8(2-1-5-13-10)11(17)14-6-9(16)15-7-3-4-7/h1-2,5,7H,3-4,6H2,(H,14,17)(H,15,16). The van der Waals surface area contributed by atoms with Gasteiger partial charge in [0.25, 0.3) is 5.91 Å². The fourth-order valence-corrected chi connectivity index (χ4v) is 1.32. The van der Waals surface area contributed by atoms with Gasteiger partial charge < -0.3 is 10.6 Å². The molecule has 17 heavy (non-hydrogen) atoms. The van der Waals surface area contributed by atoms with E-state index in [2.05, 4.69) is 15.6 Å². The van der Waals surface area contributed by atoms with E-state index in [-0.39, 0.29) is 24.1 Å². The van der Waals surface area contributed by atoms with Crippen molar-refractivity contribution in [2.75, 3.05) is 6.54 Å². The SMILES string of the molecule is O=C(CNC(=O)c1cccnc1F)NC1CC1. The Balaban J connectivity index is 1.84. The topological polar surface area (TPSA) is 71.1 Å². The quantitative estimate of drug-likeness (QED) is 0.736. The predicted molar refractivity (Wildman–Crippen MR) is 57.7 cm³/mol. The van der Waals surface area contributed by atoms with Gasteiger partial charge in [-0.1, -0.05) is 0 Å². The van der Waals surface area contributed by atoms with E-state index in [0.29, 0.717) is 0 Å². The van der Waals surface area contributed by atoms with Crippen LogP contribution in [-0.2, 0) is 4.79 Å². The predicted octanol–water partition coefficient (Wildman–Crippen LogP) is 0.229. The molecule has 2 amide bonds. The van der Waals surface area contributed by atoms with Gasteiger partial charge in [0.15, 0.2) is 0 Å². The van der Waals surface area contributed by atoms with Crippen molar-refractivity contribution in [2.45, 2.75) is 18.9 Å². The number of hydrogen-bond donors (Lipinski definition) is 2. The van der Waals surface area contributed by atoms with Gasteiger partial charge in [0.2, 0.25) is 11.9 Å². The van der Waals surface area contributed by atoms with Crippen molar-refractivity contribution >= 4 is 11.8 Å². The third kappa shape index (κ3) is 3.24. The summed E-state index contributed by atoms with van der Waals surface area (Å²) in [5.41, 5.74) is -0.160. The lowest BCUT2D eigenvalue weighted by Crippen LogP contribution is -2.38. The first-order chi connectivity index (χ1) is 8.16. The van der Waals surface area contributed by atoms with E-state index in [1.165, 1.54) is 18.3 Å². The lowest BCUT2D eigenvalue weighted by molar-refractivity contribution is -0.120. The van der Waals surface area contributed by atoms with Crippen molar-refractivity contribution < 1.29 is 14.0 Å². The second-order valence-corrected chi connectivity index (χ2v) is 3.87. The molecule has 1 saturated carbocycles. The van der Waals surface area contributed by atoms with Crippen LogP contribution in [-0.4, -0.2) is 29.4 Å². The molecule has 2 N–H and O–H groups in total. The summed E-state index contributed by atoms with van der Waals surface area (Å²) in [4.78, 5) is 26.1. The molecular formula is C11H12FN3O2. The first-order valence-electron chi connectivity index (χ1n) is 5.35. The maximum Gasteiger partial charge on any atom is 0.256 e. The number of aromatic nitrogens is 1. The molecule has 0 aromatic carbocycles. The van der Waals surface area contributed by atoms with E-state index in [4.69, 9.17) is 0 Å². The summed E-state index contributed by atoms with van der Waals surface area (Å²) in [6.45, 7) is -0.149. The minimum atomic E-state index is -0.840. The highest BCUT2D eigenvalue weighted by molar-refractivity contribution is 5.96. The summed E-state index contributed by atoms with van der Waals surface area (Å²) in [7, 11) is 0. The third-order valence-electron chi connectivity index (χ3n) is 2.36. The monoisotopic (exact) mass is 237 g/mol. The van der Waals surface area contributed by atoms with Gasteiger partial charge >= 0.3 is 0 Å². The average Bonchev–Trinajstić information content (AvgIpc) is 3.10. The molecule has 5 nitrogen and oxygen atoms in total. The van der Waals surface area contributed by atoms with Crippen molar-refractivity contribution in [2.24, 2.45) is 0 Å². The summed E-state index contributed by atoms with van der Waals surface area (Å²) in [6.07, 6.45) is 3.22. The lowest BCUT2D eigenvalue weighted by atomic mass is 10.2. The lowest BCUT2D eigenvalue weighted by Gasteiger charge is -2.05. The van der Waals surface area contributed by atoms with Crippen LogP contribution in [0.25, 0.3) is 0 Å². The van der Waals surface area contributed by atoms with Gasteiger partial charge in [0.05, 0.1) is 12.1 Å². The summed E-state index contributed by atoms with van der Waals surface area (Å²) < 4.78 is 13.1. The molecule has 1 aromatic heterocycles. The number of carbonyl (C=O) groups excluding carboxylic acids is 2. The van der Waals surface area contributed by atoms with Crippen LogP contribution in [0.2, 0.25) is 0 Å². The van der Waals surface area contributed by atoms with Crippen LogP contribution in [0.4, 0.5) is 4.39 Å². The Hall–Kier alpha value is -1.98. The number of halogens is 1. The van der Waals surface area contributed by atoms with Crippen molar-refractivity contribution in [1.82, 2.24) is 15.6 Å². The zero-order valence-corrected chi connectivity index (χ0v) is 9.07. The molecule has 0 bridgehead atoms. The van der Waals surface area contributed by atoms with E-state index in [1.54, 1.807) is 0 Å². The van der Waals surface area contributed by atoms with Crippen molar-refractivity contribution in [3.63, 3.8) is 0 Å². The summed E-state index contributed by atoms with van der Waals surface area (Å²) >= 11 is 0. The van der Waals surface area contributed by atoms with Crippen LogP contribution in [0.3, 0.4) is 0 Å². The first-order valence-corrected chi connectivity index (χ1v) is 5.35. The smallest absolute Gasteiger partial charge is 0.256 e. The van der Waals surface area contributed by atoms with Gasteiger partial charge in [0.1, 0.15) is 0 Å². The first kappa shape index (κ1) is 11.5. The van der Waals surface area contributed by atoms with Crippen LogP contribution in [0.1, 0.15) is 23.2 Å². The molecule has 2 rings (SSSR count). The Morgan fingerprint density at radius 1 is 1.47 bits per heavy atom. The van der Waals surface area contributed by atoms with Crippen LogP contribution < -0.4 is 10.6 Å². The highest BCUT2D eigenvalue weighted by Crippen LogP contribution is 2.18. The van der Waals surface area contributed by atoms with Crippen LogP contribution in [0.15, 0.2) is 18.3 Å². The second-order valence-electron chi connectivity index (χ2n) is 3.87. The van der Waals surface area contributed by atoms with Gasteiger partial charge in [0, 0.05) is 12.2 Å². The molecule has 1 heterocycles. The molecule has 1 aromatic rings. The molecule has 0 radical (unpaired) electrons. The minimum Gasteiger partial charge on any atom is -0.352 e. The summed E-state index contributed by atoms with van der Waals surface area (Å²) in [5, 5.41) is 5.05. The van der Waals surface area contributed by atoms with Crippen molar-refractivity contribution in [1.29, 1.82) is 0 Å². The highest BCUT2D eigenvalue weighted by Gasteiger charge is 2.23. The second kappa shape index (κ2) is 4.90. The zero-order valence-electron chi connectivity index (χ0n) is 9.07. The molecule has 0 aliphatic heterocycles. The molecule has 90 valence electrons. The van der Waals surface area contributed by atoms with E-state index >= 15 is 0 Å². The zero-order chi connectivity index (χ0) is 12.3. The van der Waals surface area contributed by atoms with E-state index in [1.807, 2.05) is 0 Å². The Bertz CT molecular complexity index is 446.